The first kappa shape index (κ1) is 17.0. The maximum absolute atomic E-state index is 13.5. The average Bonchev–Trinajstić information content (AvgIpc) is 2.54. The fourth-order valence-electron chi connectivity index (χ4n) is 3.60. The van der Waals surface area contributed by atoms with E-state index in [4.69, 9.17) is 5.73 Å². The number of halogens is 3. The van der Waals surface area contributed by atoms with Gasteiger partial charge in [-0.05, 0) is 51.4 Å². The van der Waals surface area contributed by atoms with Crippen molar-refractivity contribution in [3.8, 4) is 0 Å². The van der Waals surface area contributed by atoms with Gasteiger partial charge in [0.15, 0.2) is 0 Å². The van der Waals surface area contributed by atoms with Crippen molar-refractivity contribution in [3.63, 3.8) is 0 Å². The number of aromatic nitrogens is 1. The van der Waals surface area contributed by atoms with Gasteiger partial charge in [-0.1, -0.05) is 18.2 Å². The van der Waals surface area contributed by atoms with Gasteiger partial charge in [-0.2, -0.15) is 13.2 Å². The third kappa shape index (κ3) is 3.20. The fourth-order valence-corrected chi connectivity index (χ4v) is 3.60. The SMILES string of the molecule is CC1(c2cc(N)cc(C3CCNCC3)n2)CC=CC=C1C(F)(F)F. The molecule has 1 unspecified atom stereocenters. The highest BCUT2D eigenvalue weighted by Gasteiger charge is 2.47. The Morgan fingerprint density at radius 2 is 1.96 bits per heavy atom. The van der Waals surface area contributed by atoms with E-state index in [1.165, 1.54) is 6.08 Å². The van der Waals surface area contributed by atoms with Crippen LogP contribution in [-0.4, -0.2) is 24.2 Å². The number of pyridine rings is 1. The molecule has 0 radical (unpaired) electrons. The first-order valence-electron chi connectivity index (χ1n) is 8.24. The number of anilines is 1. The minimum atomic E-state index is -4.39. The van der Waals surface area contributed by atoms with E-state index in [2.05, 4.69) is 10.3 Å². The number of nitrogens with one attached hydrogen (secondary N) is 1. The van der Waals surface area contributed by atoms with Crippen molar-refractivity contribution in [2.75, 3.05) is 18.8 Å². The van der Waals surface area contributed by atoms with Gasteiger partial charge in [0.05, 0.1) is 5.69 Å². The van der Waals surface area contributed by atoms with Gasteiger partial charge in [-0.15, -0.1) is 0 Å². The van der Waals surface area contributed by atoms with Gasteiger partial charge >= 0.3 is 6.18 Å². The van der Waals surface area contributed by atoms with E-state index in [1.807, 2.05) is 0 Å². The predicted octanol–water partition coefficient (Wildman–Crippen LogP) is 3.84. The smallest absolute Gasteiger partial charge is 0.399 e. The second-order valence-electron chi connectivity index (χ2n) is 6.78. The first-order chi connectivity index (χ1) is 11.3. The van der Waals surface area contributed by atoms with E-state index in [0.29, 0.717) is 11.4 Å². The highest BCUT2D eigenvalue weighted by atomic mass is 19.4. The molecule has 1 aliphatic heterocycles. The minimum absolute atomic E-state index is 0.245. The summed E-state index contributed by atoms with van der Waals surface area (Å²) in [4.78, 5) is 4.63. The van der Waals surface area contributed by atoms with E-state index in [-0.39, 0.29) is 12.3 Å². The number of piperidine rings is 1. The molecule has 1 fully saturated rings. The molecule has 3 N–H and O–H groups in total. The van der Waals surface area contributed by atoms with Gasteiger partial charge in [0.1, 0.15) is 0 Å². The quantitative estimate of drug-likeness (QED) is 0.862. The van der Waals surface area contributed by atoms with Crippen LogP contribution in [0.5, 0.6) is 0 Å². The molecule has 1 aromatic rings. The molecule has 0 spiro atoms. The van der Waals surface area contributed by atoms with Crippen molar-refractivity contribution in [2.45, 2.75) is 43.7 Å². The van der Waals surface area contributed by atoms with Crippen LogP contribution in [0, 0.1) is 0 Å². The van der Waals surface area contributed by atoms with Crippen molar-refractivity contribution in [3.05, 3.63) is 47.3 Å². The van der Waals surface area contributed by atoms with E-state index in [9.17, 15) is 13.2 Å². The zero-order chi connectivity index (χ0) is 17.4. The van der Waals surface area contributed by atoms with Gasteiger partial charge in [-0.25, -0.2) is 0 Å². The summed E-state index contributed by atoms with van der Waals surface area (Å²) in [6, 6.07) is 3.39. The summed E-state index contributed by atoms with van der Waals surface area (Å²) in [5.41, 5.74) is 5.94. The number of allylic oxidation sites excluding steroid dienone is 4. The lowest BCUT2D eigenvalue weighted by atomic mass is 9.73. The Morgan fingerprint density at radius 1 is 1.25 bits per heavy atom. The second-order valence-corrected chi connectivity index (χ2v) is 6.78. The molecule has 3 nitrogen and oxygen atoms in total. The number of nitrogens with zero attached hydrogens (tertiary/aromatic N) is 1. The van der Waals surface area contributed by atoms with Crippen LogP contribution in [0.15, 0.2) is 35.9 Å². The van der Waals surface area contributed by atoms with Gasteiger partial charge in [0.25, 0.3) is 0 Å². The third-order valence-electron chi connectivity index (χ3n) is 5.02. The summed E-state index contributed by atoms with van der Waals surface area (Å²) in [6.45, 7) is 3.39. The number of nitrogens with two attached hydrogens (primary N) is 1. The maximum atomic E-state index is 13.5. The number of hydrogen-bond acceptors (Lipinski definition) is 3. The molecule has 0 amide bonds. The van der Waals surface area contributed by atoms with Crippen LogP contribution in [0.4, 0.5) is 18.9 Å². The topological polar surface area (TPSA) is 50.9 Å². The van der Waals surface area contributed by atoms with Crippen LogP contribution in [0.3, 0.4) is 0 Å². The lowest BCUT2D eigenvalue weighted by Gasteiger charge is -2.35. The average molecular weight is 337 g/mol. The van der Waals surface area contributed by atoms with Gasteiger partial charge in [0.2, 0.25) is 0 Å². The Hall–Kier alpha value is -1.82. The molecule has 130 valence electrons. The molecule has 2 heterocycles. The standard InChI is InChI=1S/C18H22F3N3/c1-17(7-3-2-4-15(17)18(19,20)21)16-11-13(22)10-14(24-16)12-5-8-23-9-6-12/h2-4,10-12,23H,5-9H2,1H3,(H2,22,24). The molecule has 24 heavy (non-hydrogen) atoms. The largest absolute Gasteiger partial charge is 0.413 e. The van der Waals surface area contributed by atoms with Crippen LogP contribution >= 0.6 is 0 Å². The molecular weight excluding hydrogens is 315 g/mol. The number of alkyl halides is 3. The number of rotatable bonds is 2. The minimum Gasteiger partial charge on any atom is -0.399 e. The summed E-state index contributed by atoms with van der Waals surface area (Å²) >= 11 is 0. The molecule has 3 rings (SSSR count). The van der Waals surface area contributed by atoms with E-state index >= 15 is 0 Å². The lowest BCUT2D eigenvalue weighted by molar-refractivity contribution is -0.101. The molecular formula is C18H22F3N3. The van der Waals surface area contributed by atoms with Crippen molar-refractivity contribution in [1.82, 2.24) is 10.3 Å². The molecule has 0 bridgehead atoms. The second kappa shape index (κ2) is 6.24. The Kier molecular flexibility index (Phi) is 4.42. The van der Waals surface area contributed by atoms with Gasteiger partial charge < -0.3 is 11.1 Å². The van der Waals surface area contributed by atoms with Crippen LogP contribution in [0.2, 0.25) is 0 Å². The van der Waals surface area contributed by atoms with Crippen molar-refractivity contribution in [1.29, 1.82) is 0 Å². The molecule has 1 atom stereocenters. The molecule has 0 aromatic carbocycles. The Morgan fingerprint density at radius 3 is 2.62 bits per heavy atom. The number of nitrogen functional groups attached to an aromatic ring is 1. The zero-order valence-electron chi connectivity index (χ0n) is 13.7. The maximum Gasteiger partial charge on any atom is 0.413 e. The summed E-state index contributed by atoms with van der Waals surface area (Å²) in [6.07, 6.45) is 2.09. The Labute approximate surface area is 139 Å². The zero-order valence-corrected chi connectivity index (χ0v) is 13.7. The van der Waals surface area contributed by atoms with Crippen LogP contribution in [0.1, 0.15) is 43.5 Å². The lowest BCUT2D eigenvalue weighted by Crippen LogP contribution is -2.35. The predicted molar refractivity (Wildman–Crippen MR) is 88.7 cm³/mol. The first-order valence-corrected chi connectivity index (χ1v) is 8.24. The summed E-state index contributed by atoms with van der Waals surface area (Å²) in [5, 5.41) is 3.29. The highest BCUT2D eigenvalue weighted by Crippen LogP contribution is 2.46. The van der Waals surface area contributed by atoms with Gasteiger partial charge in [-0.3, -0.25) is 4.98 Å². The summed E-state index contributed by atoms with van der Waals surface area (Å²) < 4.78 is 40.5. The molecule has 1 saturated heterocycles. The Balaban J connectivity index is 2.03. The molecule has 2 aliphatic rings. The van der Waals surface area contributed by atoms with E-state index in [0.717, 1.165) is 37.7 Å². The fraction of sp³-hybridized carbons (Fsp3) is 0.500. The molecule has 0 saturated carbocycles. The summed E-state index contributed by atoms with van der Waals surface area (Å²) in [5.74, 6) is 0.245. The van der Waals surface area contributed by atoms with Gasteiger partial charge in [0, 0.05) is 28.3 Å². The Bertz CT molecular complexity index is 673. The van der Waals surface area contributed by atoms with Crippen molar-refractivity contribution < 1.29 is 13.2 Å². The third-order valence-corrected chi connectivity index (χ3v) is 5.02. The highest BCUT2D eigenvalue weighted by molar-refractivity contribution is 5.48. The molecule has 1 aromatic heterocycles. The summed E-state index contributed by atoms with van der Waals surface area (Å²) in [7, 11) is 0. The molecule has 1 aliphatic carbocycles. The van der Waals surface area contributed by atoms with Crippen LogP contribution in [0.25, 0.3) is 0 Å². The van der Waals surface area contributed by atoms with Crippen molar-refractivity contribution in [2.24, 2.45) is 0 Å². The number of hydrogen-bond donors (Lipinski definition) is 2. The van der Waals surface area contributed by atoms with E-state index < -0.39 is 17.2 Å². The molecule has 6 heteroatoms. The van der Waals surface area contributed by atoms with Crippen molar-refractivity contribution >= 4 is 5.69 Å². The monoisotopic (exact) mass is 337 g/mol. The van der Waals surface area contributed by atoms with Crippen LogP contribution in [-0.2, 0) is 5.41 Å². The van der Waals surface area contributed by atoms with Crippen LogP contribution < -0.4 is 11.1 Å². The normalized spacial score (nSPS) is 25.6. The van der Waals surface area contributed by atoms with E-state index in [1.54, 1.807) is 25.1 Å².